The van der Waals surface area contributed by atoms with E-state index >= 15 is 19.2 Å². The van der Waals surface area contributed by atoms with E-state index in [0.29, 0.717) is 23.4 Å². The maximum absolute atomic E-state index is 15.8. The predicted molar refractivity (Wildman–Crippen MR) is 396 cm³/mol. The molecule has 0 saturated carbocycles. The van der Waals surface area contributed by atoms with E-state index in [1.54, 1.807) is 178 Å². The highest BCUT2D eigenvalue weighted by atomic mass is 16.6. The molecule has 0 radical (unpaired) electrons. The molecule has 4 aromatic carbocycles. The number of benzene rings is 4. The molecule has 0 saturated heterocycles. The Balaban J connectivity index is 1.43. The summed E-state index contributed by atoms with van der Waals surface area (Å²) in [7, 11) is 2.94. The van der Waals surface area contributed by atoms with Gasteiger partial charge in [0.25, 0.3) is 0 Å². The van der Waals surface area contributed by atoms with Crippen molar-refractivity contribution in [3.05, 3.63) is 180 Å². The number of alkyl carbamates (subject to hydrolysis) is 1. The number of hydrogen-bond acceptors (Lipinski definition) is 15. The van der Waals surface area contributed by atoms with Crippen LogP contribution in [0.4, 0.5) is 4.79 Å². The molecule has 0 unspecified atom stereocenters. The van der Waals surface area contributed by atoms with Gasteiger partial charge in [-0.25, -0.2) is 19.6 Å². The van der Waals surface area contributed by atoms with Crippen molar-refractivity contribution in [2.24, 2.45) is 24.8 Å². The van der Waals surface area contributed by atoms with Gasteiger partial charge in [0.15, 0.2) is 0 Å². The van der Waals surface area contributed by atoms with Gasteiger partial charge in [0, 0.05) is 44.4 Å². The fraction of sp³-hybridized carbons (Fsp3) is 0.506. The van der Waals surface area contributed by atoms with Crippen molar-refractivity contribution < 1.29 is 62.1 Å². The molecular formula is C79H110N12O13. The summed E-state index contributed by atoms with van der Waals surface area (Å²) in [5, 5.41) is 22.6. The van der Waals surface area contributed by atoms with Crippen LogP contribution in [0.2, 0.25) is 0 Å². The number of hydrogen-bond donors (Lipinski definition) is 8. The Morgan fingerprint density at radius 3 is 1.26 bits per heavy atom. The lowest BCUT2D eigenvalue weighted by Gasteiger charge is -2.37. The maximum atomic E-state index is 15.8. The molecule has 0 aliphatic carbocycles. The van der Waals surface area contributed by atoms with Crippen LogP contribution in [-0.2, 0) is 89.2 Å². The number of nitrogens with zero attached hydrogens (tertiary/aromatic N) is 4. The van der Waals surface area contributed by atoms with Gasteiger partial charge in [0.1, 0.15) is 59.5 Å². The van der Waals surface area contributed by atoms with Crippen LogP contribution in [0.5, 0.6) is 0 Å². The minimum absolute atomic E-state index is 0.0656. The molecule has 104 heavy (non-hydrogen) atoms. The normalized spacial score (nSPS) is 15.2. The number of esters is 1. The number of ether oxygens (including phenoxy) is 4. The van der Waals surface area contributed by atoms with Crippen molar-refractivity contribution in [1.29, 1.82) is 0 Å². The second-order valence-corrected chi connectivity index (χ2v) is 30.2. The van der Waals surface area contributed by atoms with E-state index in [0.717, 1.165) is 16.7 Å². The predicted octanol–water partition coefficient (Wildman–Crippen LogP) is 7.71. The lowest BCUT2D eigenvalue weighted by Crippen LogP contribution is -2.63. The van der Waals surface area contributed by atoms with Crippen LogP contribution in [0.15, 0.2) is 146 Å². The topological polar surface area (TPSA) is 322 Å². The summed E-state index contributed by atoms with van der Waals surface area (Å²) in [5.41, 5.74) is 0.499. The van der Waals surface area contributed by atoms with E-state index in [4.69, 9.17) is 23.9 Å². The number of methoxy groups -OCH3 is 1. The molecule has 8 N–H and O–H groups in total. The number of amides is 8. The molecule has 11 atom stereocenters. The fourth-order valence-electron chi connectivity index (χ4n) is 12.2. The summed E-state index contributed by atoms with van der Waals surface area (Å²) in [6.07, 6.45) is 3.64. The molecule has 0 spiro atoms. The monoisotopic (exact) mass is 1430 g/mol. The smallest absolute Gasteiger partial charge is 0.408 e. The van der Waals surface area contributed by atoms with Crippen molar-refractivity contribution in [1.82, 2.24) is 61.6 Å². The third kappa shape index (κ3) is 23.6. The van der Waals surface area contributed by atoms with Gasteiger partial charge in [-0.2, -0.15) is 0 Å². The molecule has 0 aliphatic rings. The maximum Gasteiger partial charge on any atom is 0.408 e. The average molecular weight is 1440 g/mol. The lowest BCUT2D eigenvalue weighted by molar-refractivity contribution is -0.149. The Morgan fingerprint density at radius 2 is 0.837 bits per heavy atom. The number of imidazole rings is 2. The van der Waals surface area contributed by atoms with Gasteiger partial charge >= 0.3 is 12.1 Å². The summed E-state index contributed by atoms with van der Waals surface area (Å²) >= 11 is 0. The molecule has 25 nitrogen and oxygen atoms in total. The van der Waals surface area contributed by atoms with Crippen LogP contribution in [-0.4, -0.2) is 157 Å². The molecule has 2 heterocycles. The standard InChI is InChI=1S/C79H110N12O13/c1-20-50(6)64(74(99)101-19)87-73(98)66(52(8)103-77(12,13)14)89-71(96)63(49(4)5)85-68(93)59(41-53-33-25-21-26-34-53)82-67(92)60(42-57-45-91(47-81-57)79(54-35-27-22-28-36-54,55-37-29-23-30-38-55)56-39-31-24-32-40-56)83-70(95)62(48(2)3)86-72(97)65(51(7)102-76(9,10)11)88-69(94)61(43-58-44-80-46-90(58)18)84-75(100)104-78(15,16)17/h21-40,44-52,59-66H,20,41-43H2,1-19H3,(H,82,92)(H,83,95)(H,84,100)(H,85,93)(H,86,97)(H,87,98)(H,88,94)(H,89,96)/t50-,51+,52+,59+,60-,61-,62+,63+,64+,65-,66+/m0/s1. The first kappa shape index (κ1) is 83.2. The zero-order chi connectivity index (χ0) is 77.0. The Labute approximate surface area is 612 Å². The molecule has 8 amide bonds. The SMILES string of the molecule is CC[C@H](C)[C@@H](NC(=O)[C@H](NC(=O)[C@H](NC(=O)[C@@H](Cc1ccccc1)NC(=O)[C@H](Cc1cn(C(c2ccccc2)(c2ccccc2)c2ccccc2)cn1)NC(=O)[C@H](NC(=O)[C@@H](NC(=O)[C@H](Cc1cncn1C)NC(=O)OC(C)(C)C)[C@@H](C)OC(C)(C)C)C(C)C)C(C)C)[C@@H](C)OC(C)(C)C)C(=O)OC. The number of aryl methyl sites for hydroxylation is 1. The third-order valence-corrected chi connectivity index (χ3v) is 17.5. The van der Waals surface area contributed by atoms with Crippen LogP contribution in [0.1, 0.15) is 158 Å². The van der Waals surface area contributed by atoms with E-state index < -0.39 is 148 Å². The van der Waals surface area contributed by atoms with Gasteiger partial charge in [-0.1, -0.05) is 169 Å². The minimum Gasteiger partial charge on any atom is -0.467 e. The number of aromatic nitrogens is 4. The molecule has 0 fully saturated rings. The highest BCUT2D eigenvalue weighted by molar-refractivity contribution is 5.98. The van der Waals surface area contributed by atoms with Gasteiger partial charge in [0.2, 0.25) is 41.4 Å². The number of rotatable bonds is 34. The molecule has 6 rings (SSSR count). The van der Waals surface area contributed by atoms with E-state index in [1.807, 2.05) is 102 Å². The van der Waals surface area contributed by atoms with Crippen molar-refractivity contribution >= 4 is 53.4 Å². The minimum atomic E-state index is -1.56. The van der Waals surface area contributed by atoms with Crippen LogP contribution in [0.25, 0.3) is 0 Å². The van der Waals surface area contributed by atoms with E-state index in [9.17, 15) is 24.0 Å². The van der Waals surface area contributed by atoms with Crippen molar-refractivity contribution in [2.45, 2.75) is 226 Å². The first-order valence-corrected chi connectivity index (χ1v) is 35.6. The molecule has 2 aromatic heterocycles. The first-order valence-electron chi connectivity index (χ1n) is 35.6. The zero-order valence-electron chi connectivity index (χ0n) is 63.8. The fourth-order valence-corrected chi connectivity index (χ4v) is 12.2. The van der Waals surface area contributed by atoms with Gasteiger partial charge in [-0.15, -0.1) is 0 Å². The second-order valence-electron chi connectivity index (χ2n) is 30.2. The van der Waals surface area contributed by atoms with Gasteiger partial charge in [0.05, 0.1) is 48.9 Å². The highest BCUT2D eigenvalue weighted by Crippen LogP contribution is 2.41. The molecule has 25 heteroatoms. The van der Waals surface area contributed by atoms with Crippen LogP contribution in [0.3, 0.4) is 0 Å². The Morgan fingerprint density at radius 1 is 0.452 bits per heavy atom. The van der Waals surface area contributed by atoms with Crippen molar-refractivity contribution in [3.8, 4) is 0 Å². The summed E-state index contributed by atoms with van der Waals surface area (Å²) < 4.78 is 26.8. The molecular weight excluding hydrogens is 1320 g/mol. The van der Waals surface area contributed by atoms with E-state index in [-0.39, 0.29) is 25.2 Å². The summed E-state index contributed by atoms with van der Waals surface area (Å²) in [5.74, 6) is -7.98. The van der Waals surface area contributed by atoms with E-state index in [2.05, 4.69) is 47.5 Å². The largest absolute Gasteiger partial charge is 0.467 e. The van der Waals surface area contributed by atoms with Gasteiger partial charge in [-0.05, 0) is 116 Å². The van der Waals surface area contributed by atoms with Gasteiger partial charge < -0.3 is 70.6 Å². The lowest BCUT2D eigenvalue weighted by atomic mass is 9.77. The quantitative estimate of drug-likeness (QED) is 0.0142. The van der Waals surface area contributed by atoms with Crippen LogP contribution in [0, 0.1) is 17.8 Å². The number of carbonyl (C=O) groups is 9. The summed E-state index contributed by atoms with van der Waals surface area (Å²) in [6.45, 7) is 29.3. The molecule has 564 valence electrons. The Bertz CT molecular complexity index is 3710. The van der Waals surface area contributed by atoms with Crippen molar-refractivity contribution in [2.75, 3.05) is 7.11 Å². The van der Waals surface area contributed by atoms with E-state index in [1.165, 1.54) is 7.11 Å². The second kappa shape index (κ2) is 37.1. The first-order chi connectivity index (χ1) is 48.8. The van der Waals surface area contributed by atoms with Crippen molar-refractivity contribution in [3.63, 3.8) is 0 Å². The zero-order valence-corrected chi connectivity index (χ0v) is 63.8. The summed E-state index contributed by atoms with van der Waals surface area (Å²) in [6, 6.07) is 27.4. The number of carbonyl (C=O) groups excluding carboxylic acids is 9. The van der Waals surface area contributed by atoms with Crippen LogP contribution >= 0.6 is 0 Å². The molecule has 6 aromatic rings. The Hall–Kier alpha value is -9.75. The molecule has 0 bridgehead atoms. The van der Waals surface area contributed by atoms with Crippen LogP contribution < -0.4 is 42.5 Å². The van der Waals surface area contributed by atoms with Gasteiger partial charge in [-0.3, -0.25) is 33.6 Å². The molecule has 0 aliphatic heterocycles. The average Bonchev–Trinajstić information content (AvgIpc) is 1.28. The third-order valence-electron chi connectivity index (χ3n) is 17.5. The Kier molecular flexibility index (Phi) is 29.7. The highest BCUT2D eigenvalue weighted by Gasteiger charge is 2.43. The number of nitrogens with one attached hydrogen (secondary N) is 8. The summed E-state index contributed by atoms with van der Waals surface area (Å²) in [4.78, 5) is 141.